The molecule has 0 amide bonds. The van der Waals surface area contributed by atoms with Crippen LogP contribution in [0.3, 0.4) is 0 Å². The van der Waals surface area contributed by atoms with Crippen LogP contribution in [0.5, 0.6) is 0 Å². The molecule has 1 aliphatic carbocycles. The molecule has 1 aliphatic heterocycles. The van der Waals surface area contributed by atoms with Gasteiger partial charge in [0, 0.05) is 28.8 Å². The summed E-state index contributed by atoms with van der Waals surface area (Å²) in [5, 5.41) is 6.63. The Morgan fingerprint density at radius 1 is 0.939 bits per heavy atom. The monoisotopic (exact) mass is 453 g/mol. The molecular weight excluding hydrogens is 430 g/mol. The van der Waals surface area contributed by atoms with Crippen molar-refractivity contribution in [2.75, 3.05) is 5.32 Å². The summed E-state index contributed by atoms with van der Waals surface area (Å²) in [5.41, 5.74) is 4.92. The van der Waals surface area contributed by atoms with E-state index in [0.29, 0.717) is 17.2 Å². The lowest BCUT2D eigenvalue weighted by atomic mass is 9.68. The average Bonchev–Trinajstić information content (AvgIpc) is 3.27. The molecule has 164 valence electrons. The maximum atomic E-state index is 13.5. The van der Waals surface area contributed by atoms with Crippen molar-refractivity contribution in [1.82, 2.24) is 0 Å². The Morgan fingerprint density at radius 3 is 2.58 bits per heavy atom. The summed E-state index contributed by atoms with van der Waals surface area (Å²) in [6.45, 7) is 4.36. The van der Waals surface area contributed by atoms with Gasteiger partial charge in [0.1, 0.15) is 17.6 Å². The molecule has 0 saturated heterocycles. The van der Waals surface area contributed by atoms with Crippen LogP contribution in [-0.2, 0) is 4.79 Å². The van der Waals surface area contributed by atoms with Gasteiger partial charge in [-0.15, -0.1) is 0 Å². The number of rotatable bonds is 2. The standard InChI is InChI=1S/C29H24ClNO2/c1-29(2)15-20-26-18-8-4-3-7-17(18)11-12-22(26)31-28(27(20)23(32)16-29)25-14-13-24(33-25)19-9-5-6-10-21(19)30/h3-14,28,31H,15-16H2,1-2H3. The second kappa shape index (κ2) is 7.36. The molecule has 0 spiro atoms. The zero-order valence-corrected chi connectivity index (χ0v) is 19.4. The van der Waals surface area contributed by atoms with E-state index < -0.39 is 0 Å². The Hall–Kier alpha value is -3.30. The van der Waals surface area contributed by atoms with Crippen LogP contribution in [-0.4, -0.2) is 5.78 Å². The third-order valence-corrected chi connectivity index (χ3v) is 7.12. The van der Waals surface area contributed by atoms with E-state index in [4.69, 9.17) is 16.0 Å². The van der Waals surface area contributed by atoms with Gasteiger partial charge in [0.05, 0.1) is 5.02 Å². The number of benzene rings is 3. The van der Waals surface area contributed by atoms with Gasteiger partial charge in [-0.05, 0) is 58.5 Å². The summed E-state index contributed by atoms with van der Waals surface area (Å²) in [4.78, 5) is 13.5. The van der Waals surface area contributed by atoms with Gasteiger partial charge < -0.3 is 9.73 Å². The van der Waals surface area contributed by atoms with Crippen molar-refractivity contribution in [1.29, 1.82) is 0 Å². The highest BCUT2D eigenvalue weighted by Gasteiger charge is 2.41. The minimum absolute atomic E-state index is 0.0854. The van der Waals surface area contributed by atoms with E-state index in [0.717, 1.165) is 40.1 Å². The molecule has 4 aromatic rings. The predicted molar refractivity (Wildman–Crippen MR) is 134 cm³/mol. The van der Waals surface area contributed by atoms with Crippen LogP contribution < -0.4 is 5.32 Å². The Bertz CT molecular complexity index is 1460. The van der Waals surface area contributed by atoms with Crippen LogP contribution in [0, 0.1) is 5.41 Å². The number of nitrogens with one attached hydrogen (secondary N) is 1. The van der Waals surface area contributed by atoms with Crippen molar-refractivity contribution in [3.63, 3.8) is 0 Å². The van der Waals surface area contributed by atoms with Crippen molar-refractivity contribution in [2.24, 2.45) is 5.41 Å². The van der Waals surface area contributed by atoms with Crippen molar-refractivity contribution in [2.45, 2.75) is 32.7 Å². The number of hydrogen-bond donors (Lipinski definition) is 1. The number of ketones is 1. The molecule has 1 aromatic heterocycles. The second-order valence-corrected chi connectivity index (χ2v) is 10.2. The molecule has 1 unspecified atom stereocenters. The number of halogens is 1. The first kappa shape index (κ1) is 20.3. The number of fused-ring (bicyclic) bond motifs is 4. The quantitative estimate of drug-likeness (QED) is 0.333. The third kappa shape index (κ3) is 3.30. The summed E-state index contributed by atoms with van der Waals surface area (Å²) in [6, 6.07) is 23.9. The number of allylic oxidation sites excluding steroid dienone is 1. The number of anilines is 1. The van der Waals surface area contributed by atoms with Crippen molar-refractivity contribution >= 4 is 39.4 Å². The SMILES string of the molecule is CC1(C)CC(=O)C2=C(C1)c1c(ccc3ccccc13)NC2c1ccc(-c2ccccc2Cl)o1. The van der Waals surface area contributed by atoms with E-state index in [1.54, 1.807) is 0 Å². The van der Waals surface area contributed by atoms with Crippen molar-refractivity contribution in [3.8, 4) is 11.3 Å². The Labute approximate surface area is 198 Å². The second-order valence-electron chi connectivity index (χ2n) is 9.80. The van der Waals surface area contributed by atoms with Gasteiger partial charge in [0.25, 0.3) is 0 Å². The van der Waals surface area contributed by atoms with Gasteiger partial charge in [-0.1, -0.05) is 67.9 Å². The van der Waals surface area contributed by atoms with Crippen LogP contribution in [0.4, 0.5) is 5.69 Å². The fourth-order valence-corrected chi connectivity index (χ4v) is 5.59. The molecule has 6 rings (SSSR count). The average molecular weight is 454 g/mol. The lowest BCUT2D eigenvalue weighted by Gasteiger charge is -2.39. The highest BCUT2D eigenvalue weighted by Crippen LogP contribution is 2.52. The number of furan rings is 1. The first-order valence-electron chi connectivity index (χ1n) is 11.3. The molecular formula is C29H24ClNO2. The zero-order chi connectivity index (χ0) is 22.7. The molecule has 1 atom stereocenters. The summed E-state index contributed by atoms with van der Waals surface area (Å²) in [5.74, 6) is 1.62. The Balaban J connectivity index is 1.54. The molecule has 0 bridgehead atoms. The molecule has 33 heavy (non-hydrogen) atoms. The van der Waals surface area contributed by atoms with Crippen LogP contribution in [0.2, 0.25) is 5.02 Å². The molecule has 3 nitrogen and oxygen atoms in total. The van der Waals surface area contributed by atoms with Crippen molar-refractivity contribution in [3.05, 3.63) is 94.7 Å². The number of Topliss-reactive ketones (excluding diaryl/α,β-unsaturated/α-hetero) is 1. The number of hydrogen-bond acceptors (Lipinski definition) is 3. The zero-order valence-electron chi connectivity index (χ0n) is 18.6. The first-order chi connectivity index (χ1) is 15.9. The van der Waals surface area contributed by atoms with Crippen LogP contribution in [0.15, 0.2) is 82.8 Å². The fourth-order valence-electron chi connectivity index (χ4n) is 5.36. The molecule has 0 fully saturated rings. The van der Waals surface area contributed by atoms with Crippen LogP contribution >= 0.6 is 11.6 Å². The fraction of sp³-hybridized carbons (Fsp3) is 0.207. The number of carbonyl (C=O) groups is 1. The van der Waals surface area contributed by atoms with E-state index in [2.05, 4.69) is 55.6 Å². The lowest BCUT2D eigenvalue weighted by molar-refractivity contribution is -0.118. The molecule has 2 heterocycles. The Morgan fingerprint density at radius 2 is 1.73 bits per heavy atom. The van der Waals surface area contributed by atoms with Crippen molar-refractivity contribution < 1.29 is 9.21 Å². The van der Waals surface area contributed by atoms with Gasteiger partial charge in [0.2, 0.25) is 0 Å². The van der Waals surface area contributed by atoms with Gasteiger partial charge in [-0.3, -0.25) is 4.79 Å². The minimum Gasteiger partial charge on any atom is -0.458 e. The Kier molecular flexibility index (Phi) is 4.53. The lowest BCUT2D eigenvalue weighted by Crippen LogP contribution is -2.33. The van der Waals surface area contributed by atoms with Gasteiger partial charge in [-0.25, -0.2) is 0 Å². The van der Waals surface area contributed by atoms with Gasteiger partial charge in [0.15, 0.2) is 5.78 Å². The summed E-state index contributed by atoms with van der Waals surface area (Å²) in [6.07, 6.45) is 1.38. The largest absolute Gasteiger partial charge is 0.458 e. The molecule has 4 heteroatoms. The predicted octanol–water partition coefficient (Wildman–Crippen LogP) is 8.06. The smallest absolute Gasteiger partial charge is 0.162 e. The summed E-state index contributed by atoms with van der Waals surface area (Å²) >= 11 is 6.40. The first-order valence-corrected chi connectivity index (χ1v) is 11.7. The molecule has 0 radical (unpaired) electrons. The molecule has 3 aromatic carbocycles. The van der Waals surface area contributed by atoms with E-state index in [1.807, 2.05) is 36.4 Å². The normalized spacial score (nSPS) is 19.2. The van der Waals surface area contributed by atoms with Crippen LogP contribution in [0.25, 0.3) is 27.7 Å². The molecule has 1 N–H and O–H groups in total. The maximum Gasteiger partial charge on any atom is 0.162 e. The molecule has 2 aliphatic rings. The summed E-state index contributed by atoms with van der Waals surface area (Å²) in [7, 11) is 0. The van der Waals surface area contributed by atoms with Gasteiger partial charge in [-0.2, -0.15) is 0 Å². The third-order valence-electron chi connectivity index (χ3n) is 6.79. The highest BCUT2D eigenvalue weighted by molar-refractivity contribution is 6.33. The summed E-state index contributed by atoms with van der Waals surface area (Å²) < 4.78 is 6.31. The molecule has 0 saturated carbocycles. The number of carbonyl (C=O) groups excluding carboxylic acids is 1. The van der Waals surface area contributed by atoms with E-state index in [9.17, 15) is 4.79 Å². The van der Waals surface area contributed by atoms with Crippen LogP contribution in [0.1, 0.15) is 44.1 Å². The van der Waals surface area contributed by atoms with Gasteiger partial charge >= 0.3 is 0 Å². The van der Waals surface area contributed by atoms with E-state index in [1.165, 1.54) is 10.8 Å². The maximum absolute atomic E-state index is 13.5. The topological polar surface area (TPSA) is 42.2 Å². The minimum atomic E-state index is -0.325. The van der Waals surface area contributed by atoms with E-state index >= 15 is 0 Å². The highest BCUT2D eigenvalue weighted by atomic mass is 35.5. The van der Waals surface area contributed by atoms with E-state index in [-0.39, 0.29) is 17.2 Å².